The summed E-state index contributed by atoms with van der Waals surface area (Å²) in [7, 11) is 0. The molecule has 0 aliphatic heterocycles. The minimum atomic E-state index is -0.216. The molecule has 8 heteroatoms. The van der Waals surface area contributed by atoms with Crippen LogP contribution in [-0.4, -0.2) is 21.3 Å². The van der Waals surface area contributed by atoms with E-state index < -0.39 is 0 Å². The Kier molecular flexibility index (Phi) is 4.17. The zero-order valence-corrected chi connectivity index (χ0v) is 13.1. The first-order valence-corrected chi connectivity index (χ1v) is 7.61. The van der Waals surface area contributed by atoms with Gasteiger partial charge in [-0.05, 0) is 31.2 Å². The predicted octanol–water partition coefficient (Wildman–Crippen LogP) is 3.34. The van der Waals surface area contributed by atoms with Crippen LogP contribution in [0.5, 0.6) is 0 Å². The summed E-state index contributed by atoms with van der Waals surface area (Å²) in [5.41, 5.74) is 1.40. The highest BCUT2D eigenvalue weighted by Gasteiger charge is 2.12. The fourth-order valence-electron chi connectivity index (χ4n) is 1.82. The molecule has 112 valence electrons. The number of anilines is 1. The minimum Gasteiger partial charge on any atom is -0.356 e. The molecule has 0 radical (unpaired) electrons. The molecule has 1 aromatic carbocycles. The molecule has 0 spiro atoms. The Morgan fingerprint density at radius 1 is 1.32 bits per heavy atom. The summed E-state index contributed by atoms with van der Waals surface area (Å²) >= 11 is 7.16. The number of amides is 1. The van der Waals surface area contributed by atoms with Crippen molar-refractivity contribution in [3.05, 3.63) is 46.1 Å². The smallest absolute Gasteiger partial charge is 0.232 e. The highest BCUT2D eigenvalue weighted by atomic mass is 35.5. The third-order valence-corrected chi connectivity index (χ3v) is 3.81. The highest BCUT2D eigenvalue weighted by Crippen LogP contribution is 2.22. The monoisotopic (exact) mass is 334 g/mol. The van der Waals surface area contributed by atoms with Crippen LogP contribution in [0.4, 0.5) is 5.13 Å². The SMILES string of the molecule is Cc1nnc(NC(=O)Cc2cc(-c3ccc(Cl)cc3)on2)s1. The Morgan fingerprint density at radius 2 is 2.09 bits per heavy atom. The van der Waals surface area contributed by atoms with Gasteiger partial charge in [0.2, 0.25) is 11.0 Å². The lowest BCUT2D eigenvalue weighted by Crippen LogP contribution is -2.14. The Hall–Kier alpha value is -2.25. The molecule has 0 unspecified atom stereocenters. The summed E-state index contributed by atoms with van der Waals surface area (Å²) in [5.74, 6) is 0.373. The Morgan fingerprint density at radius 3 is 2.77 bits per heavy atom. The number of carbonyl (C=O) groups excluding carboxylic acids is 1. The molecular formula is C14H11ClN4O2S. The lowest BCUT2D eigenvalue weighted by Gasteiger charge is -1.97. The number of hydrogen-bond donors (Lipinski definition) is 1. The molecule has 3 rings (SSSR count). The molecule has 0 fully saturated rings. The Balaban J connectivity index is 1.66. The summed E-state index contributed by atoms with van der Waals surface area (Å²) in [5, 5.41) is 16.2. The molecule has 0 aliphatic carbocycles. The second-order valence-electron chi connectivity index (χ2n) is 4.54. The second kappa shape index (κ2) is 6.25. The number of benzene rings is 1. The van der Waals surface area contributed by atoms with Crippen LogP contribution in [0, 0.1) is 6.92 Å². The molecule has 0 atom stereocenters. The van der Waals surface area contributed by atoms with E-state index in [1.165, 1.54) is 11.3 Å². The molecule has 3 aromatic rings. The van der Waals surface area contributed by atoms with Crippen molar-refractivity contribution in [2.45, 2.75) is 13.3 Å². The first-order valence-electron chi connectivity index (χ1n) is 6.41. The van der Waals surface area contributed by atoms with E-state index in [-0.39, 0.29) is 12.3 Å². The maximum Gasteiger partial charge on any atom is 0.232 e. The molecule has 1 N–H and O–H groups in total. The summed E-state index contributed by atoms with van der Waals surface area (Å²) in [6.07, 6.45) is 0.107. The fraction of sp³-hybridized carbons (Fsp3) is 0.143. The third kappa shape index (κ3) is 3.49. The Labute approximate surface area is 135 Å². The number of carbonyl (C=O) groups is 1. The van der Waals surface area contributed by atoms with E-state index in [9.17, 15) is 4.79 Å². The standard InChI is InChI=1S/C14H11ClN4O2S/c1-8-17-18-14(22-8)16-13(20)7-11-6-12(21-19-11)9-2-4-10(15)5-3-9/h2-6H,7H2,1H3,(H,16,18,20). The molecule has 0 saturated heterocycles. The highest BCUT2D eigenvalue weighted by molar-refractivity contribution is 7.15. The fourth-order valence-corrected chi connectivity index (χ4v) is 2.55. The van der Waals surface area contributed by atoms with Crippen molar-refractivity contribution >= 4 is 34.0 Å². The molecule has 2 aromatic heterocycles. The van der Waals surface area contributed by atoms with E-state index in [0.29, 0.717) is 21.6 Å². The molecule has 2 heterocycles. The number of halogens is 1. The van der Waals surface area contributed by atoms with Crippen LogP contribution >= 0.6 is 22.9 Å². The van der Waals surface area contributed by atoms with Gasteiger partial charge in [0.15, 0.2) is 5.76 Å². The van der Waals surface area contributed by atoms with Gasteiger partial charge in [-0.25, -0.2) is 0 Å². The average Bonchev–Trinajstić information content (AvgIpc) is 3.09. The van der Waals surface area contributed by atoms with Crippen molar-refractivity contribution in [3.63, 3.8) is 0 Å². The van der Waals surface area contributed by atoms with Gasteiger partial charge in [0.1, 0.15) is 5.01 Å². The number of aryl methyl sites for hydroxylation is 1. The van der Waals surface area contributed by atoms with Crippen LogP contribution < -0.4 is 5.32 Å². The zero-order valence-electron chi connectivity index (χ0n) is 11.5. The summed E-state index contributed by atoms with van der Waals surface area (Å²) in [6.45, 7) is 1.82. The van der Waals surface area contributed by atoms with Crippen molar-refractivity contribution in [1.82, 2.24) is 15.4 Å². The van der Waals surface area contributed by atoms with Crippen LogP contribution in [0.3, 0.4) is 0 Å². The molecule has 6 nitrogen and oxygen atoms in total. The van der Waals surface area contributed by atoms with Crippen molar-refractivity contribution in [2.75, 3.05) is 5.32 Å². The number of hydrogen-bond acceptors (Lipinski definition) is 6. The molecule has 0 aliphatic rings. The normalized spacial score (nSPS) is 10.6. The van der Waals surface area contributed by atoms with E-state index in [1.54, 1.807) is 18.2 Å². The van der Waals surface area contributed by atoms with Crippen LogP contribution in [0.2, 0.25) is 5.02 Å². The van der Waals surface area contributed by atoms with E-state index in [4.69, 9.17) is 16.1 Å². The maximum atomic E-state index is 11.9. The van der Waals surface area contributed by atoms with Crippen LogP contribution in [0.15, 0.2) is 34.9 Å². The molecular weight excluding hydrogens is 324 g/mol. The number of aromatic nitrogens is 3. The summed E-state index contributed by atoms with van der Waals surface area (Å²) < 4.78 is 5.25. The quantitative estimate of drug-likeness (QED) is 0.791. The van der Waals surface area contributed by atoms with Crippen LogP contribution in [0.25, 0.3) is 11.3 Å². The van der Waals surface area contributed by atoms with Gasteiger partial charge in [-0.15, -0.1) is 10.2 Å². The van der Waals surface area contributed by atoms with Gasteiger partial charge in [-0.2, -0.15) is 0 Å². The van der Waals surface area contributed by atoms with Gasteiger partial charge in [0, 0.05) is 16.7 Å². The topological polar surface area (TPSA) is 80.9 Å². The first-order chi connectivity index (χ1) is 10.6. The average molecular weight is 335 g/mol. The lowest BCUT2D eigenvalue weighted by atomic mass is 10.1. The van der Waals surface area contributed by atoms with Gasteiger partial charge in [0.25, 0.3) is 0 Å². The second-order valence-corrected chi connectivity index (χ2v) is 6.16. The third-order valence-electron chi connectivity index (χ3n) is 2.80. The van der Waals surface area contributed by atoms with Crippen molar-refractivity contribution < 1.29 is 9.32 Å². The first kappa shape index (κ1) is 14.7. The zero-order chi connectivity index (χ0) is 15.5. The number of nitrogens with one attached hydrogen (secondary N) is 1. The summed E-state index contributed by atoms with van der Waals surface area (Å²) in [4.78, 5) is 11.9. The van der Waals surface area contributed by atoms with E-state index in [0.717, 1.165) is 10.6 Å². The molecule has 1 amide bonds. The molecule has 0 bridgehead atoms. The van der Waals surface area contributed by atoms with Crippen LogP contribution in [-0.2, 0) is 11.2 Å². The maximum absolute atomic E-state index is 11.9. The Bertz CT molecular complexity index is 797. The van der Waals surface area contributed by atoms with Gasteiger partial charge in [0.05, 0.1) is 12.1 Å². The summed E-state index contributed by atoms with van der Waals surface area (Å²) in [6, 6.07) is 8.93. The largest absolute Gasteiger partial charge is 0.356 e. The van der Waals surface area contributed by atoms with Crippen LogP contribution in [0.1, 0.15) is 10.7 Å². The van der Waals surface area contributed by atoms with E-state index in [1.807, 2.05) is 19.1 Å². The van der Waals surface area contributed by atoms with Crippen molar-refractivity contribution in [3.8, 4) is 11.3 Å². The minimum absolute atomic E-state index is 0.107. The molecule has 22 heavy (non-hydrogen) atoms. The van der Waals surface area contributed by atoms with Gasteiger partial charge < -0.3 is 9.84 Å². The number of nitrogens with zero attached hydrogens (tertiary/aromatic N) is 3. The van der Waals surface area contributed by atoms with Gasteiger partial charge in [-0.1, -0.05) is 28.1 Å². The van der Waals surface area contributed by atoms with Crippen molar-refractivity contribution in [1.29, 1.82) is 0 Å². The van der Waals surface area contributed by atoms with Gasteiger partial charge in [-0.3, -0.25) is 4.79 Å². The lowest BCUT2D eigenvalue weighted by molar-refractivity contribution is -0.115. The molecule has 0 saturated carbocycles. The van der Waals surface area contributed by atoms with E-state index in [2.05, 4.69) is 20.7 Å². The van der Waals surface area contributed by atoms with Gasteiger partial charge >= 0.3 is 0 Å². The number of rotatable bonds is 4. The predicted molar refractivity (Wildman–Crippen MR) is 83.9 cm³/mol. The van der Waals surface area contributed by atoms with Crippen molar-refractivity contribution in [2.24, 2.45) is 0 Å². The van der Waals surface area contributed by atoms with E-state index >= 15 is 0 Å².